The van der Waals surface area contributed by atoms with Crippen LogP contribution < -0.4 is 15.0 Å². The largest absolute Gasteiger partial charge is 0.496 e. The molecule has 0 spiro atoms. The van der Waals surface area contributed by atoms with Gasteiger partial charge in [-0.3, -0.25) is 14.9 Å². The van der Waals surface area contributed by atoms with Gasteiger partial charge in [0.2, 0.25) is 5.91 Å². The molecule has 7 heteroatoms. The van der Waals surface area contributed by atoms with Crippen LogP contribution >= 0.6 is 0 Å². The quantitative estimate of drug-likeness (QED) is 0.662. The van der Waals surface area contributed by atoms with Crippen molar-refractivity contribution < 1.29 is 14.5 Å². The molecule has 0 radical (unpaired) electrons. The van der Waals surface area contributed by atoms with Gasteiger partial charge in [-0.2, -0.15) is 0 Å². The van der Waals surface area contributed by atoms with Crippen molar-refractivity contribution in [2.75, 3.05) is 32.1 Å². The third-order valence-electron chi connectivity index (χ3n) is 4.16. The highest BCUT2D eigenvalue weighted by atomic mass is 16.6. The van der Waals surface area contributed by atoms with Crippen molar-refractivity contribution >= 4 is 17.3 Å². The Morgan fingerprint density at radius 1 is 1.55 bits per heavy atom. The molecule has 1 aliphatic rings. The molecule has 1 atom stereocenters. The van der Waals surface area contributed by atoms with Gasteiger partial charge in [0, 0.05) is 32.5 Å². The van der Waals surface area contributed by atoms with E-state index in [9.17, 15) is 14.9 Å². The summed E-state index contributed by atoms with van der Waals surface area (Å²) in [5.41, 5.74) is 1.31. The number of anilines is 1. The minimum absolute atomic E-state index is 0.0557. The molecule has 0 bridgehead atoms. The first kappa shape index (κ1) is 16.1. The number of amides is 1. The molecule has 0 saturated heterocycles. The number of likely N-dealkylation sites (N-methyl/N-ethyl adjacent to an activating group) is 1. The molecule has 0 fully saturated rings. The van der Waals surface area contributed by atoms with Gasteiger partial charge in [-0.1, -0.05) is 6.92 Å². The van der Waals surface area contributed by atoms with Crippen LogP contribution in [0.2, 0.25) is 0 Å². The molecule has 1 heterocycles. The predicted molar refractivity (Wildman–Crippen MR) is 83.6 cm³/mol. The van der Waals surface area contributed by atoms with Crippen LogP contribution in [0, 0.1) is 10.1 Å². The van der Waals surface area contributed by atoms with E-state index in [1.54, 1.807) is 0 Å². The second kappa shape index (κ2) is 5.82. The van der Waals surface area contributed by atoms with Gasteiger partial charge in [0.1, 0.15) is 11.4 Å². The lowest BCUT2D eigenvalue weighted by Gasteiger charge is -2.25. The van der Waals surface area contributed by atoms with Crippen molar-refractivity contribution in [3.63, 3.8) is 0 Å². The van der Waals surface area contributed by atoms with Gasteiger partial charge in [0.15, 0.2) is 0 Å². The summed E-state index contributed by atoms with van der Waals surface area (Å²) in [5.74, 6) is 0.401. The van der Waals surface area contributed by atoms with E-state index in [0.717, 1.165) is 5.56 Å². The van der Waals surface area contributed by atoms with Crippen LogP contribution in [0.3, 0.4) is 0 Å². The maximum Gasteiger partial charge on any atom is 0.296 e. The van der Waals surface area contributed by atoms with Crippen LogP contribution in [0.4, 0.5) is 11.4 Å². The third-order valence-corrected chi connectivity index (χ3v) is 4.16. The number of benzene rings is 1. The predicted octanol–water partition coefficient (Wildman–Crippen LogP) is 1.84. The molecule has 1 aromatic rings. The van der Waals surface area contributed by atoms with Crippen LogP contribution in [0.15, 0.2) is 12.1 Å². The lowest BCUT2D eigenvalue weighted by Crippen LogP contribution is -2.33. The zero-order chi connectivity index (χ0) is 16.5. The smallest absolute Gasteiger partial charge is 0.296 e. The van der Waals surface area contributed by atoms with Crippen molar-refractivity contribution in [2.45, 2.75) is 25.7 Å². The van der Waals surface area contributed by atoms with E-state index in [0.29, 0.717) is 30.9 Å². The highest BCUT2D eigenvalue weighted by molar-refractivity contribution is 5.75. The number of methoxy groups -OCH3 is 1. The normalized spacial score (nSPS) is 19.7. The van der Waals surface area contributed by atoms with Crippen LogP contribution in [0.1, 0.15) is 25.8 Å². The molecule has 1 N–H and O–H groups in total. The molecular formula is C15H21N3O4. The Kier molecular flexibility index (Phi) is 4.25. The van der Waals surface area contributed by atoms with Gasteiger partial charge in [0.25, 0.3) is 5.69 Å². The molecule has 1 aliphatic heterocycles. The summed E-state index contributed by atoms with van der Waals surface area (Å²) < 4.78 is 5.21. The molecule has 0 aliphatic carbocycles. The molecule has 1 aromatic carbocycles. The van der Waals surface area contributed by atoms with Crippen molar-refractivity contribution in [1.82, 2.24) is 5.32 Å². The Hall–Kier alpha value is -2.31. The topological polar surface area (TPSA) is 84.7 Å². The van der Waals surface area contributed by atoms with E-state index in [-0.39, 0.29) is 21.9 Å². The lowest BCUT2D eigenvalue weighted by molar-refractivity contribution is -0.384. The standard InChI is InChI=1S/C15H21N3O4/c1-10(19)16-6-5-15(2)9-17(3)14-12(15)7-11(22-4)8-13(14)18(20)21/h7-8H,5-6,9H2,1-4H3,(H,16,19). The first-order chi connectivity index (χ1) is 10.3. The average Bonchev–Trinajstić information content (AvgIpc) is 2.69. The summed E-state index contributed by atoms with van der Waals surface area (Å²) >= 11 is 0. The number of carbonyl (C=O) groups is 1. The maximum absolute atomic E-state index is 11.4. The van der Waals surface area contributed by atoms with Crippen LogP contribution in [-0.2, 0) is 10.2 Å². The zero-order valence-electron chi connectivity index (χ0n) is 13.3. The Morgan fingerprint density at radius 3 is 2.77 bits per heavy atom. The molecule has 2 rings (SSSR count). The summed E-state index contributed by atoms with van der Waals surface area (Å²) in [6.45, 7) is 4.73. The first-order valence-electron chi connectivity index (χ1n) is 7.11. The summed E-state index contributed by atoms with van der Waals surface area (Å²) in [6.07, 6.45) is 0.703. The van der Waals surface area contributed by atoms with E-state index < -0.39 is 0 Å². The SMILES string of the molecule is COc1cc([N+](=O)[O-])c2c(c1)C(C)(CCNC(C)=O)CN2C. The van der Waals surface area contributed by atoms with Gasteiger partial charge in [-0.15, -0.1) is 0 Å². The molecule has 0 saturated carbocycles. The number of fused-ring (bicyclic) bond motifs is 1. The fourth-order valence-electron chi connectivity index (χ4n) is 3.13. The summed E-state index contributed by atoms with van der Waals surface area (Å²) in [5, 5.41) is 14.1. The van der Waals surface area contributed by atoms with E-state index in [4.69, 9.17) is 4.74 Å². The molecule has 0 aromatic heterocycles. The number of rotatable bonds is 5. The van der Waals surface area contributed by atoms with Crippen LogP contribution in [-0.4, -0.2) is 38.1 Å². The van der Waals surface area contributed by atoms with E-state index in [1.165, 1.54) is 20.1 Å². The second-order valence-electron chi connectivity index (χ2n) is 5.95. The van der Waals surface area contributed by atoms with Gasteiger partial charge < -0.3 is 15.0 Å². The zero-order valence-corrected chi connectivity index (χ0v) is 13.3. The van der Waals surface area contributed by atoms with E-state index in [2.05, 4.69) is 12.2 Å². The van der Waals surface area contributed by atoms with Crippen LogP contribution in [0.5, 0.6) is 5.75 Å². The van der Waals surface area contributed by atoms with Gasteiger partial charge in [0.05, 0.1) is 18.1 Å². The number of nitrogens with zero attached hydrogens (tertiary/aromatic N) is 2. The molecular weight excluding hydrogens is 286 g/mol. The number of nitrogens with one attached hydrogen (secondary N) is 1. The summed E-state index contributed by atoms with van der Waals surface area (Å²) in [6, 6.07) is 3.31. The Labute approximate surface area is 129 Å². The highest BCUT2D eigenvalue weighted by Gasteiger charge is 2.41. The number of ether oxygens (including phenoxy) is 1. The number of hydrogen-bond acceptors (Lipinski definition) is 5. The highest BCUT2D eigenvalue weighted by Crippen LogP contribution is 2.48. The molecule has 7 nitrogen and oxygen atoms in total. The van der Waals surface area contributed by atoms with Gasteiger partial charge >= 0.3 is 0 Å². The Bertz CT molecular complexity index is 617. The fraction of sp³-hybridized carbons (Fsp3) is 0.533. The molecule has 1 amide bonds. The van der Waals surface area contributed by atoms with Gasteiger partial charge in [-0.05, 0) is 18.1 Å². The van der Waals surface area contributed by atoms with Gasteiger partial charge in [-0.25, -0.2) is 0 Å². The monoisotopic (exact) mass is 307 g/mol. The lowest BCUT2D eigenvalue weighted by atomic mass is 9.81. The second-order valence-corrected chi connectivity index (χ2v) is 5.95. The number of carbonyl (C=O) groups excluding carboxylic acids is 1. The maximum atomic E-state index is 11.4. The van der Waals surface area contributed by atoms with Crippen molar-refractivity contribution in [1.29, 1.82) is 0 Å². The number of nitro benzene ring substituents is 1. The minimum Gasteiger partial charge on any atom is -0.496 e. The Morgan fingerprint density at radius 2 is 2.23 bits per heavy atom. The van der Waals surface area contributed by atoms with Crippen molar-refractivity contribution in [2.24, 2.45) is 0 Å². The third kappa shape index (κ3) is 2.84. The number of nitro groups is 1. The average molecular weight is 307 g/mol. The first-order valence-corrected chi connectivity index (χ1v) is 7.11. The summed E-state index contributed by atoms with van der Waals surface area (Å²) in [7, 11) is 3.35. The van der Waals surface area contributed by atoms with E-state index >= 15 is 0 Å². The van der Waals surface area contributed by atoms with Crippen molar-refractivity contribution in [3.8, 4) is 5.75 Å². The van der Waals surface area contributed by atoms with E-state index in [1.807, 2.05) is 18.0 Å². The molecule has 120 valence electrons. The minimum atomic E-state index is -0.378. The summed E-state index contributed by atoms with van der Waals surface area (Å²) in [4.78, 5) is 23.9. The number of hydrogen-bond donors (Lipinski definition) is 1. The molecule has 1 unspecified atom stereocenters. The van der Waals surface area contributed by atoms with Crippen LogP contribution in [0.25, 0.3) is 0 Å². The van der Waals surface area contributed by atoms with Crippen molar-refractivity contribution in [3.05, 3.63) is 27.8 Å². The fourth-order valence-corrected chi connectivity index (χ4v) is 3.13. The molecule has 22 heavy (non-hydrogen) atoms. The Balaban J connectivity index is 2.43.